The molecule has 1 saturated heterocycles. The summed E-state index contributed by atoms with van der Waals surface area (Å²) in [6.07, 6.45) is 2.70. The molecule has 3 amide bonds. The Labute approximate surface area is 129 Å². The van der Waals surface area contributed by atoms with Crippen LogP contribution < -0.4 is 5.43 Å². The van der Waals surface area contributed by atoms with Gasteiger partial charge < -0.3 is 0 Å². The number of hydrazine groups is 1. The Balaban J connectivity index is 1.67. The van der Waals surface area contributed by atoms with E-state index in [9.17, 15) is 14.4 Å². The van der Waals surface area contributed by atoms with E-state index < -0.39 is 0 Å². The molecule has 1 N–H and O–H groups in total. The van der Waals surface area contributed by atoms with Crippen molar-refractivity contribution in [3.05, 3.63) is 23.8 Å². The van der Waals surface area contributed by atoms with Crippen LogP contribution in [0.2, 0.25) is 0 Å². The summed E-state index contributed by atoms with van der Waals surface area (Å²) in [4.78, 5) is 37.2. The molecule has 4 aliphatic carbocycles. The van der Waals surface area contributed by atoms with Crippen LogP contribution in [0.4, 0.5) is 0 Å². The molecule has 0 radical (unpaired) electrons. The summed E-state index contributed by atoms with van der Waals surface area (Å²) in [6, 6.07) is 0. The Morgan fingerprint density at radius 1 is 1.14 bits per heavy atom. The standard InChI is InChI=1S/C17H20N2O3/c1-4-5-11(20)18-19-16(21)14-12-7(2)8(3)13(10-6-9(10)12)15(14)17(19)22/h4,9-10,12-15H,1,5-6H2,2-3H3,(H,18,20). The van der Waals surface area contributed by atoms with Gasteiger partial charge in [0.25, 0.3) is 11.8 Å². The van der Waals surface area contributed by atoms with Crippen molar-refractivity contribution in [2.45, 2.75) is 26.7 Å². The Morgan fingerprint density at radius 2 is 1.64 bits per heavy atom. The predicted octanol–water partition coefficient (Wildman–Crippen LogP) is 1.43. The number of nitrogens with one attached hydrogen (secondary N) is 1. The third-order valence-corrected chi connectivity index (χ3v) is 6.17. The van der Waals surface area contributed by atoms with E-state index in [1.54, 1.807) is 0 Å². The number of amides is 3. The molecule has 0 aromatic heterocycles. The quantitative estimate of drug-likeness (QED) is 0.633. The SMILES string of the molecule is C=CCC(=O)NN1C(=O)C2C3C(C)=C(C)C(C4CC43)C2C1=O. The van der Waals surface area contributed by atoms with E-state index >= 15 is 0 Å². The summed E-state index contributed by atoms with van der Waals surface area (Å²) >= 11 is 0. The highest BCUT2D eigenvalue weighted by atomic mass is 16.2. The fraction of sp³-hybridized carbons (Fsp3) is 0.588. The van der Waals surface area contributed by atoms with Crippen molar-refractivity contribution in [3.63, 3.8) is 0 Å². The Hall–Kier alpha value is -1.91. The zero-order chi connectivity index (χ0) is 15.8. The molecular weight excluding hydrogens is 280 g/mol. The largest absolute Gasteiger partial charge is 0.273 e. The van der Waals surface area contributed by atoms with Crippen LogP contribution in [0, 0.1) is 35.5 Å². The van der Waals surface area contributed by atoms with E-state index in [1.165, 1.54) is 17.2 Å². The second-order valence-corrected chi connectivity index (χ2v) is 7.07. The number of hydrogen-bond acceptors (Lipinski definition) is 3. The number of nitrogens with zero attached hydrogens (tertiary/aromatic N) is 1. The molecule has 0 aromatic carbocycles. The van der Waals surface area contributed by atoms with E-state index in [1.807, 2.05) is 0 Å². The monoisotopic (exact) mass is 300 g/mol. The zero-order valence-electron chi connectivity index (χ0n) is 12.8. The van der Waals surface area contributed by atoms with Gasteiger partial charge in [0, 0.05) is 6.42 Å². The number of imide groups is 1. The van der Waals surface area contributed by atoms with Crippen LogP contribution in [0.5, 0.6) is 0 Å². The molecule has 2 bridgehead atoms. The maximum absolute atomic E-state index is 12.7. The lowest BCUT2D eigenvalue weighted by molar-refractivity contribution is -0.149. The first kappa shape index (κ1) is 13.7. The molecule has 1 aliphatic heterocycles. The van der Waals surface area contributed by atoms with Crippen LogP contribution >= 0.6 is 0 Å². The molecule has 0 aromatic rings. The highest BCUT2D eigenvalue weighted by molar-refractivity contribution is 6.07. The topological polar surface area (TPSA) is 66.5 Å². The molecule has 0 spiro atoms. The van der Waals surface area contributed by atoms with Gasteiger partial charge >= 0.3 is 0 Å². The first-order valence-corrected chi connectivity index (χ1v) is 7.92. The van der Waals surface area contributed by atoms with Gasteiger partial charge in [0.05, 0.1) is 11.8 Å². The van der Waals surface area contributed by atoms with E-state index in [0.717, 1.165) is 11.4 Å². The Kier molecular flexibility index (Phi) is 2.69. The summed E-state index contributed by atoms with van der Waals surface area (Å²) in [5, 5.41) is 0.984. The smallest absolute Gasteiger partial charge is 0.252 e. The van der Waals surface area contributed by atoms with Crippen LogP contribution in [-0.2, 0) is 14.4 Å². The summed E-state index contributed by atoms with van der Waals surface area (Å²) in [7, 11) is 0. The Morgan fingerprint density at radius 3 is 2.09 bits per heavy atom. The van der Waals surface area contributed by atoms with Crippen molar-refractivity contribution >= 4 is 17.7 Å². The fourth-order valence-electron chi connectivity index (χ4n) is 5.18. The predicted molar refractivity (Wildman–Crippen MR) is 78.7 cm³/mol. The van der Waals surface area contributed by atoms with Gasteiger partial charge in [-0.15, -0.1) is 6.58 Å². The maximum Gasteiger partial charge on any atom is 0.252 e. The molecule has 116 valence electrons. The van der Waals surface area contributed by atoms with Crippen LogP contribution in [0.25, 0.3) is 0 Å². The second-order valence-electron chi connectivity index (χ2n) is 7.07. The molecule has 6 unspecified atom stereocenters. The van der Waals surface area contributed by atoms with E-state index in [4.69, 9.17) is 0 Å². The summed E-state index contributed by atoms with van der Waals surface area (Å²) in [6.45, 7) is 7.71. The third-order valence-electron chi connectivity index (χ3n) is 6.17. The van der Waals surface area contributed by atoms with Crippen molar-refractivity contribution in [1.82, 2.24) is 10.4 Å². The molecular formula is C17H20N2O3. The molecule has 6 atom stereocenters. The van der Waals surface area contributed by atoms with Crippen molar-refractivity contribution in [2.75, 3.05) is 0 Å². The lowest BCUT2D eigenvalue weighted by atomic mass is 9.57. The van der Waals surface area contributed by atoms with Gasteiger partial charge in [-0.3, -0.25) is 19.8 Å². The van der Waals surface area contributed by atoms with Gasteiger partial charge in [-0.2, -0.15) is 5.01 Å². The fourth-order valence-corrected chi connectivity index (χ4v) is 5.18. The Bertz CT molecular complexity index is 608. The zero-order valence-corrected chi connectivity index (χ0v) is 12.8. The van der Waals surface area contributed by atoms with Gasteiger partial charge in [-0.25, -0.2) is 0 Å². The lowest BCUT2D eigenvalue weighted by Crippen LogP contribution is -2.46. The van der Waals surface area contributed by atoms with E-state index in [-0.39, 0.29) is 47.8 Å². The minimum atomic E-state index is -0.366. The first-order valence-electron chi connectivity index (χ1n) is 7.92. The molecule has 2 saturated carbocycles. The number of carbonyl (C=O) groups excluding carboxylic acids is 3. The highest BCUT2D eigenvalue weighted by Crippen LogP contribution is 2.69. The lowest BCUT2D eigenvalue weighted by Gasteiger charge is -2.44. The van der Waals surface area contributed by atoms with Gasteiger partial charge in [0.1, 0.15) is 0 Å². The highest BCUT2D eigenvalue weighted by Gasteiger charge is 2.69. The normalized spacial score (nSPS) is 41.5. The number of hydrogen-bond donors (Lipinski definition) is 1. The number of carbonyl (C=O) groups is 3. The number of allylic oxidation sites excluding steroid dienone is 2. The van der Waals surface area contributed by atoms with Crippen LogP contribution in [-0.4, -0.2) is 22.7 Å². The molecule has 1 heterocycles. The summed E-state index contributed by atoms with van der Waals surface area (Å²) in [5.74, 6) is 0.165. The van der Waals surface area contributed by atoms with Crippen molar-refractivity contribution < 1.29 is 14.4 Å². The van der Waals surface area contributed by atoms with Gasteiger partial charge in [0.15, 0.2) is 0 Å². The number of rotatable bonds is 3. The summed E-state index contributed by atoms with van der Waals surface area (Å²) < 4.78 is 0. The van der Waals surface area contributed by atoms with Gasteiger partial charge in [-0.05, 0) is 43.9 Å². The molecule has 5 rings (SSSR count). The summed E-state index contributed by atoms with van der Waals surface area (Å²) in [5.41, 5.74) is 5.06. The van der Waals surface area contributed by atoms with E-state index in [0.29, 0.717) is 11.8 Å². The van der Waals surface area contributed by atoms with Crippen molar-refractivity contribution in [3.8, 4) is 0 Å². The first-order chi connectivity index (χ1) is 10.5. The van der Waals surface area contributed by atoms with Gasteiger partial charge in [-0.1, -0.05) is 17.2 Å². The van der Waals surface area contributed by atoms with Crippen LogP contribution in [0.15, 0.2) is 23.8 Å². The third kappa shape index (κ3) is 1.51. The van der Waals surface area contributed by atoms with Crippen molar-refractivity contribution in [2.24, 2.45) is 35.5 Å². The van der Waals surface area contributed by atoms with Gasteiger partial charge in [0.2, 0.25) is 5.91 Å². The van der Waals surface area contributed by atoms with E-state index in [2.05, 4.69) is 25.9 Å². The molecule has 5 aliphatic rings. The molecule has 3 fully saturated rings. The average molecular weight is 300 g/mol. The van der Waals surface area contributed by atoms with Crippen molar-refractivity contribution in [1.29, 1.82) is 0 Å². The van der Waals surface area contributed by atoms with Crippen LogP contribution in [0.3, 0.4) is 0 Å². The maximum atomic E-state index is 12.7. The molecule has 5 nitrogen and oxygen atoms in total. The minimum Gasteiger partial charge on any atom is -0.273 e. The molecule has 5 heteroatoms. The van der Waals surface area contributed by atoms with Crippen LogP contribution in [0.1, 0.15) is 26.7 Å². The minimum absolute atomic E-state index is 0.0980. The average Bonchev–Trinajstić information content (AvgIpc) is 3.23. The second kappa shape index (κ2) is 4.31. The molecule has 22 heavy (non-hydrogen) atoms.